The van der Waals surface area contributed by atoms with E-state index in [9.17, 15) is 4.79 Å². The maximum Gasteiger partial charge on any atom is 0.222 e. The second kappa shape index (κ2) is 9.60. The SMILES string of the molecule is Cc1ccc(-c2n[nH]c(=S)n2CCC(=O)NC(c2ccc(Cl)cc2)c2ccsc2)cc1. The van der Waals surface area contributed by atoms with E-state index >= 15 is 0 Å². The number of benzene rings is 2. The Bertz CT molecular complexity index is 1210. The highest BCUT2D eigenvalue weighted by molar-refractivity contribution is 7.71. The van der Waals surface area contributed by atoms with Crippen molar-refractivity contribution in [1.82, 2.24) is 20.1 Å². The molecule has 2 aromatic carbocycles. The Balaban J connectivity index is 1.50. The second-order valence-corrected chi connectivity index (χ2v) is 8.83. The van der Waals surface area contributed by atoms with Crippen LogP contribution >= 0.6 is 35.2 Å². The average Bonchev–Trinajstić information content (AvgIpc) is 3.42. The van der Waals surface area contributed by atoms with Crippen LogP contribution in [0.2, 0.25) is 5.02 Å². The van der Waals surface area contributed by atoms with Gasteiger partial charge in [-0.25, -0.2) is 0 Å². The summed E-state index contributed by atoms with van der Waals surface area (Å²) in [6.45, 7) is 2.47. The van der Waals surface area contributed by atoms with Crippen LogP contribution in [0, 0.1) is 11.7 Å². The number of hydrogen-bond donors (Lipinski definition) is 2. The molecule has 1 unspecified atom stereocenters. The van der Waals surface area contributed by atoms with Gasteiger partial charge >= 0.3 is 0 Å². The maximum atomic E-state index is 12.9. The van der Waals surface area contributed by atoms with E-state index < -0.39 is 0 Å². The fraction of sp³-hybridized carbons (Fsp3) is 0.174. The number of hydrogen-bond acceptors (Lipinski definition) is 4. The summed E-state index contributed by atoms with van der Waals surface area (Å²) < 4.78 is 2.36. The highest BCUT2D eigenvalue weighted by atomic mass is 35.5. The first-order valence-corrected chi connectivity index (χ1v) is 11.5. The van der Waals surface area contributed by atoms with Crippen LogP contribution < -0.4 is 5.32 Å². The van der Waals surface area contributed by atoms with E-state index in [4.69, 9.17) is 23.8 Å². The first-order chi connectivity index (χ1) is 15.0. The molecule has 0 spiro atoms. The van der Waals surface area contributed by atoms with Gasteiger partial charge in [0.25, 0.3) is 0 Å². The number of nitrogens with zero attached hydrogens (tertiary/aromatic N) is 2. The molecule has 0 bridgehead atoms. The minimum absolute atomic E-state index is 0.0656. The number of halogens is 1. The van der Waals surface area contributed by atoms with Crippen LogP contribution in [0.25, 0.3) is 11.4 Å². The third-order valence-corrected chi connectivity index (χ3v) is 6.28. The minimum atomic E-state index is -0.232. The Labute approximate surface area is 194 Å². The average molecular weight is 469 g/mol. The number of carbonyl (C=O) groups is 1. The van der Waals surface area contributed by atoms with E-state index in [1.54, 1.807) is 11.3 Å². The zero-order valence-electron chi connectivity index (χ0n) is 16.8. The number of nitrogens with one attached hydrogen (secondary N) is 2. The lowest BCUT2D eigenvalue weighted by atomic mass is 10.0. The van der Waals surface area contributed by atoms with Gasteiger partial charge in [-0.05, 0) is 59.2 Å². The monoisotopic (exact) mass is 468 g/mol. The van der Waals surface area contributed by atoms with Gasteiger partial charge in [0, 0.05) is 23.6 Å². The zero-order chi connectivity index (χ0) is 21.8. The van der Waals surface area contributed by atoms with Gasteiger partial charge in [0.1, 0.15) is 0 Å². The molecule has 2 N–H and O–H groups in total. The molecule has 0 saturated carbocycles. The zero-order valence-corrected chi connectivity index (χ0v) is 19.2. The van der Waals surface area contributed by atoms with Crippen LogP contribution in [0.4, 0.5) is 0 Å². The maximum absolute atomic E-state index is 12.9. The summed E-state index contributed by atoms with van der Waals surface area (Å²) in [6.07, 6.45) is 0.279. The Morgan fingerprint density at radius 2 is 1.90 bits per heavy atom. The molecular weight excluding hydrogens is 448 g/mol. The second-order valence-electron chi connectivity index (χ2n) is 7.23. The van der Waals surface area contributed by atoms with Crippen molar-refractivity contribution in [2.45, 2.75) is 25.9 Å². The van der Waals surface area contributed by atoms with E-state index in [1.165, 1.54) is 5.56 Å². The Morgan fingerprint density at radius 1 is 1.16 bits per heavy atom. The normalized spacial score (nSPS) is 11.9. The van der Waals surface area contributed by atoms with Crippen molar-refractivity contribution in [2.75, 3.05) is 0 Å². The Hall–Kier alpha value is -2.74. The van der Waals surface area contributed by atoms with Crippen molar-refractivity contribution < 1.29 is 4.79 Å². The summed E-state index contributed by atoms with van der Waals surface area (Å²) in [5.74, 6) is 0.661. The molecule has 1 amide bonds. The fourth-order valence-corrected chi connectivity index (χ4v) is 4.38. The molecule has 0 aliphatic heterocycles. The predicted octanol–water partition coefficient (Wildman–Crippen LogP) is 5.93. The topological polar surface area (TPSA) is 62.7 Å². The molecule has 2 heterocycles. The van der Waals surface area contributed by atoms with Gasteiger partial charge in [-0.3, -0.25) is 14.5 Å². The summed E-state index contributed by atoms with van der Waals surface area (Å²) in [5, 5.41) is 15.1. The highest BCUT2D eigenvalue weighted by Crippen LogP contribution is 2.26. The van der Waals surface area contributed by atoms with E-state index in [2.05, 4.69) is 15.5 Å². The van der Waals surface area contributed by atoms with Crippen molar-refractivity contribution in [1.29, 1.82) is 0 Å². The van der Waals surface area contributed by atoms with Crippen LogP contribution in [-0.2, 0) is 11.3 Å². The standard InChI is InChI=1S/C23H21ClN4OS2/c1-15-2-4-17(5-3-15)22-26-27-23(30)28(22)12-10-20(29)25-21(18-11-13-31-14-18)16-6-8-19(24)9-7-16/h2-9,11,13-14,21H,10,12H2,1H3,(H,25,29)(H,27,30). The Morgan fingerprint density at radius 3 is 2.58 bits per heavy atom. The van der Waals surface area contributed by atoms with Gasteiger partial charge in [-0.15, -0.1) is 0 Å². The van der Waals surface area contributed by atoms with Crippen LogP contribution in [0.15, 0.2) is 65.4 Å². The molecule has 0 saturated heterocycles. The van der Waals surface area contributed by atoms with Crippen LogP contribution in [0.1, 0.15) is 29.2 Å². The molecule has 0 aliphatic rings. The number of aromatic amines is 1. The number of H-pyrrole nitrogens is 1. The molecule has 0 radical (unpaired) electrons. The van der Waals surface area contributed by atoms with Crippen LogP contribution in [-0.4, -0.2) is 20.7 Å². The lowest BCUT2D eigenvalue weighted by Gasteiger charge is -2.19. The summed E-state index contributed by atoms with van der Waals surface area (Å²) in [6, 6.07) is 17.4. The van der Waals surface area contributed by atoms with E-state index in [-0.39, 0.29) is 18.4 Å². The Kier molecular flexibility index (Phi) is 6.65. The largest absolute Gasteiger partial charge is 0.345 e. The van der Waals surface area contributed by atoms with E-state index in [1.807, 2.05) is 76.8 Å². The smallest absolute Gasteiger partial charge is 0.222 e. The number of aromatic nitrogens is 3. The van der Waals surface area contributed by atoms with Crippen molar-refractivity contribution in [3.05, 3.63) is 91.8 Å². The number of amides is 1. The third kappa shape index (κ3) is 5.12. The van der Waals surface area contributed by atoms with Crippen LogP contribution in [0.5, 0.6) is 0 Å². The highest BCUT2D eigenvalue weighted by Gasteiger charge is 2.18. The molecule has 2 aromatic heterocycles. The molecular formula is C23H21ClN4OS2. The number of thiophene rings is 1. The van der Waals surface area contributed by atoms with E-state index in [0.29, 0.717) is 16.3 Å². The van der Waals surface area contributed by atoms with Crippen molar-refractivity contribution in [3.63, 3.8) is 0 Å². The van der Waals surface area contributed by atoms with Gasteiger partial charge in [0.2, 0.25) is 5.91 Å². The van der Waals surface area contributed by atoms with E-state index in [0.717, 1.165) is 22.5 Å². The molecule has 1 atom stereocenters. The molecule has 4 aromatic rings. The van der Waals surface area contributed by atoms with Crippen LogP contribution in [0.3, 0.4) is 0 Å². The predicted molar refractivity (Wildman–Crippen MR) is 128 cm³/mol. The quantitative estimate of drug-likeness (QED) is 0.330. The lowest BCUT2D eigenvalue weighted by molar-refractivity contribution is -0.121. The fourth-order valence-electron chi connectivity index (χ4n) is 3.35. The number of rotatable bonds is 7. The van der Waals surface area contributed by atoms with Gasteiger partial charge in [0.05, 0.1) is 6.04 Å². The molecule has 5 nitrogen and oxygen atoms in total. The van der Waals surface area contributed by atoms with Crippen molar-refractivity contribution in [3.8, 4) is 11.4 Å². The van der Waals surface area contributed by atoms with Gasteiger partial charge < -0.3 is 5.32 Å². The lowest BCUT2D eigenvalue weighted by Crippen LogP contribution is -2.29. The third-order valence-electron chi connectivity index (χ3n) is 5.02. The van der Waals surface area contributed by atoms with Gasteiger partial charge in [0.15, 0.2) is 10.6 Å². The van der Waals surface area contributed by atoms with Crippen molar-refractivity contribution in [2.24, 2.45) is 0 Å². The molecule has 31 heavy (non-hydrogen) atoms. The number of carbonyl (C=O) groups excluding carboxylic acids is 1. The van der Waals surface area contributed by atoms with Gasteiger partial charge in [-0.2, -0.15) is 16.4 Å². The summed E-state index contributed by atoms with van der Waals surface area (Å²) >= 11 is 13.0. The summed E-state index contributed by atoms with van der Waals surface area (Å²) in [4.78, 5) is 12.9. The summed E-state index contributed by atoms with van der Waals surface area (Å²) in [5.41, 5.74) is 4.15. The first kappa shape index (κ1) is 21.5. The van der Waals surface area contributed by atoms with Crippen molar-refractivity contribution >= 4 is 41.1 Å². The molecule has 158 valence electrons. The molecule has 8 heteroatoms. The first-order valence-electron chi connectivity index (χ1n) is 9.80. The van der Waals surface area contributed by atoms with Gasteiger partial charge in [-0.1, -0.05) is 53.6 Å². The summed E-state index contributed by atoms with van der Waals surface area (Å²) in [7, 11) is 0. The molecule has 4 rings (SSSR count). The molecule has 0 aliphatic carbocycles. The molecule has 0 fully saturated rings. The number of aryl methyl sites for hydroxylation is 1. The minimum Gasteiger partial charge on any atom is -0.345 e.